The number of amides is 5. The van der Waals surface area contributed by atoms with E-state index in [1.54, 1.807) is 36.5 Å². The summed E-state index contributed by atoms with van der Waals surface area (Å²) in [6.45, 7) is 11.0. The number of carbonyl (C=O) groups excluding carboxylic acids is 5. The number of rotatable bonds is 11. The summed E-state index contributed by atoms with van der Waals surface area (Å²) in [6.07, 6.45) is 4.73. The zero-order valence-electron chi connectivity index (χ0n) is 31.6. The number of piperidine rings is 2. The van der Waals surface area contributed by atoms with Crippen molar-refractivity contribution in [3.63, 3.8) is 0 Å². The van der Waals surface area contributed by atoms with Crippen LogP contribution in [0.3, 0.4) is 0 Å². The van der Waals surface area contributed by atoms with E-state index in [-0.39, 0.29) is 53.8 Å². The van der Waals surface area contributed by atoms with Gasteiger partial charge >= 0.3 is 0 Å². The molecule has 15 nitrogen and oxygen atoms in total. The molecule has 4 N–H and O–H groups in total. The Bertz CT molecular complexity index is 2110. The lowest BCUT2D eigenvalue weighted by Crippen LogP contribution is -2.74. The largest absolute Gasteiger partial charge is 0.489 e. The van der Waals surface area contributed by atoms with E-state index in [1.165, 1.54) is 6.20 Å². The molecule has 0 bridgehead atoms. The Hall–Kier alpha value is -5.59. The Labute approximate surface area is 329 Å². The molecule has 4 heterocycles. The summed E-state index contributed by atoms with van der Waals surface area (Å²) in [5.41, 5.74) is 1.15. The quantitative estimate of drug-likeness (QED) is 0.163. The molecule has 1 aliphatic carbocycles. The molecule has 1 saturated carbocycles. The number of nitrogens with zero attached hydrogens (tertiary/aromatic N) is 5. The van der Waals surface area contributed by atoms with Crippen molar-refractivity contribution < 1.29 is 28.7 Å². The van der Waals surface area contributed by atoms with Crippen molar-refractivity contribution in [1.29, 1.82) is 5.26 Å². The highest BCUT2D eigenvalue weighted by Crippen LogP contribution is 2.55. The molecule has 3 fully saturated rings. The van der Waals surface area contributed by atoms with Crippen LogP contribution in [0.5, 0.6) is 5.75 Å². The lowest BCUT2D eigenvalue weighted by atomic mass is 9.49. The summed E-state index contributed by atoms with van der Waals surface area (Å²) in [4.78, 5) is 75.5. The molecule has 2 saturated heterocycles. The minimum atomic E-state index is -0.990. The predicted octanol–water partition coefficient (Wildman–Crippen LogP) is 3.69. The van der Waals surface area contributed by atoms with Crippen LogP contribution in [0.2, 0.25) is 5.02 Å². The number of ether oxygens (including phenoxy) is 1. The lowest BCUT2D eigenvalue weighted by molar-refractivity contribution is -0.164. The monoisotopic (exact) mass is 781 g/mol. The van der Waals surface area contributed by atoms with Crippen LogP contribution < -0.4 is 30.9 Å². The van der Waals surface area contributed by atoms with Gasteiger partial charge in [-0.15, -0.1) is 0 Å². The third-order valence-electron chi connectivity index (χ3n) is 11.5. The molecule has 2 aromatic carbocycles. The maximum Gasteiger partial charge on any atom is 0.271 e. The third-order valence-corrected chi connectivity index (χ3v) is 11.8. The standard InChI is InChI=1S/C40H44ClN9O6/c1-39(2)37(40(3,4)38(39)56-25-7-5-22(19-42)28(41)18-25)48-33(52)29-20-46-31(21-45-29)44-14-13-43-23-11-15-49(16-12-23)24-6-8-26-27(17-24)36(55)50(35(26)54)30-9-10-32(51)47-34(30)53/h5-8,17-18,20-21,23,30,37-38,43H,9-16H2,1-4H3,(H,44,46)(H,48,52)(H,47,51,53). The van der Waals surface area contributed by atoms with E-state index in [0.29, 0.717) is 35.2 Å². The smallest absolute Gasteiger partial charge is 0.271 e. The Morgan fingerprint density at radius 3 is 2.36 bits per heavy atom. The van der Waals surface area contributed by atoms with E-state index in [4.69, 9.17) is 16.3 Å². The van der Waals surface area contributed by atoms with Crippen LogP contribution in [-0.2, 0) is 9.59 Å². The van der Waals surface area contributed by atoms with Crippen LogP contribution in [-0.4, -0.2) is 94.8 Å². The van der Waals surface area contributed by atoms with Crippen LogP contribution in [0.25, 0.3) is 0 Å². The number of nitriles is 1. The van der Waals surface area contributed by atoms with Gasteiger partial charge in [0.1, 0.15) is 35.5 Å². The second kappa shape index (κ2) is 15.2. The molecule has 0 radical (unpaired) electrons. The summed E-state index contributed by atoms with van der Waals surface area (Å²) in [7, 11) is 0. The minimum absolute atomic E-state index is 0.0771. The van der Waals surface area contributed by atoms with E-state index in [0.717, 1.165) is 36.5 Å². The van der Waals surface area contributed by atoms with Gasteiger partial charge in [0.2, 0.25) is 11.8 Å². The van der Waals surface area contributed by atoms with Gasteiger partial charge in [0.05, 0.1) is 34.1 Å². The van der Waals surface area contributed by atoms with Crippen molar-refractivity contribution in [2.75, 3.05) is 36.4 Å². The first kappa shape index (κ1) is 38.7. The maximum absolute atomic E-state index is 13.3. The minimum Gasteiger partial charge on any atom is -0.489 e. The number of hydrogen-bond acceptors (Lipinski definition) is 12. The Morgan fingerprint density at radius 2 is 1.70 bits per heavy atom. The molecule has 7 rings (SSSR count). The second-order valence-electron chi connectivity index (χ2n) is 15.9. The van der Waals surface area contributed by atoms with Crippen molar-refractivity contribution in [3.05, 3.63) is 76.2 Å². The lowest BCUT2D eigenvalue weighted by Gasteiger charge is -2.63. The molecule has 292 valence electrons. The SMILES string of the molecule is CC1(C)C(NC(=O)c2cnc(NCCNC3CCN(c4ccc5c(c4)C(=O)N(C4CCC(=O)NC4=O)C5=O)CC3)cn2)C(C)(C)C1Oc1ccc(C#N)c(Cl)c1. The number of nitrogens with one attached hydrogen (secondary N) is 4. The van der Waals surface area contributed by atoms with Crippen molar-refractivity contribution in [2.24, 2.45) is 10.8 Å². The molecule has 56 heavy (non-hydrogen) atoms. The van der Waals surface area contributed by atoms with Crippen LogP contribution in [0.4, 0.5) is 11.5 Å². The van der Waals surface area contributed by atoms with E-state index in [9.17, 15) is 29.2 Å². The van der Waals surface area contributed by atoms with Crippen LogP contribution >= 0.6 is 11.6 Å². The highest BCUT2D eigenvalue weighted by molar-refractivity contribution is 6.31. The number of fused-ring (bicyclic) bond motifs is 1. The number of anilines is 2. The van der Waals surface area contributed by atoms with Crippen molar-refractivity contribution in [2.45, 2.75) is 77.6 Å². The number of benzene rings is 2. The second-order valence-corrected chi connectivity index (χ2v) is 16.3. The normalized spacial score (nSPS) is 22.8. The molecule has 16 heteroatoms. The highest BCUT2D eigenvalue weighted by Gasteiger charge is 2.64. The van der Waals surface area contributed by atoms with E-state index in [1.807, 2.05) is 39.8 Å². The Morgan fingerprint density at radius 1 is 0.964 bits per heavy atom. The third kappa shape index (κ3) is 7.26. The number of halogens is 1. The van der Waals surface area contributed by atoms with Crippen molar-refractivity contribution in [1.82, 2.24) is 30.8 Å². The molecular formula is C40H44ClN9O6. The molecule has 3 aromatic rings. The fraction of sp³-hybridized carbons (Fsp3) is 0.450. The number of aromatic nitrogens is 2. The number of imide groups is 2. The Kier molecular flexibility index (Phi) is 10.5. The highest BCUT2D eigenvalue weighted by atomic mass is 35.5. The first-order chi connectivity index (χ1) is 26.7. The van der Waals surface area contributed by atoms with Crippen LogP contribution in [0.15, 0.2) is 48.8 Å². The van der Waals surface area contributed by atoms with Gasteiger partial charge in [-0.1, -0.05) is 39.3 Å². The van der Waals surface area contributed by atoms with Gasteiger partial charge in [-0.25, -0.2) is 9.97 Å². The van der Waals surface area contributed by atoms with Gasteiger partial charge in [-0.2, -0.15) is 5.26 Å². The molecule has 0 spiro atoms. The Balaban J connectivity index is 0.841. The molecule has 1 aromatic heterocycles. The predicted molar refractivity (Wildman–Crippen MR) is 206 cm³/mol. The van der Waals surface area contributed by atoms with Gasteiger partial charge in [-0.3, -0.25) is 34.2 Å². The maximum atomic E-state index is 13.3. The average Bonchev–Trinajstić information content (AvgIpc) is 3.42. The van der Waals surface area contributed by atoms with E-state index in [2.05, 4.69) is 36.1 Å². The van der Waals surface area contributed by atoms with Crippen LogP contribution in [0, 0.1) is 22.2 Å². The van der Waals surface area contributed by atoms with Crippen LogP contribution in [0.1, 0.15) is 90.1 Å². The molecule has 5 amide bonds. The summed E-state index contributed by atoms with van der Waals surface area (Å²) in [5, 5.41) is 21.7. The molecule has 1 atom stereocenters. The fourth-order valence-electron chi connectivity index (χ4n) is 8.80. The molecular weight excluding hydrogens is 738 g/mol. The van der Waals surface area contributed by atoms with Crippen molar-refractivity contribution in [3.8, 4) is 11.8 Å². The zero-order chi connectivity index (χ0) is 39.9. The van der Waals surface area contributed by atoms with Crippen molar-refractivity contribution >= 4 is 52.6 Å². The molecule has 4 aliphatic rings. The van der Waals surface area contributed by atoms with Gasteiger partial charge < -0.3 is 25.6 Å². The topological polar surface area (TPSA) is 199 Å². The summed E-state index contributed by atoms with van der Waals surface area (Å²) in [5.74, 6) is -1.26. The number of carbonyl (C=O) groups is 5. The van der Waals surface area contributed by atoms with Gasteiger partial charge in [0, 0.05) is 67.3 Å². The fourth-order valence-corrected chi connectivity index (χ4v) is 9.01. The van der Waals surface area contributed by atoms with E-state index >= 15 is 0 Å². The molecule has 1 unspecified atom stereocenters. The summed E-state index contributed by atoms with van der Waals surface area (Å²) >= 11 is 6.22. The van der Waals surface area contributed by atoms with Gasteiger partial charge in [0.25, 0.3) is 17.7 Å². The first-order valence-electron chi connectivity index (χ1n) is 18.8. The van der Waals surface area contributed by atoms with Gasteiger partial charge in [0.15, 0.2) is 0 Å². The zero-order valence-corrected chi connectivity index (χ0v) is 32.4. The first-order valence-corrected chi connectivity index (χ1v) is 19.1. The van der Waals surface area contributed by atoms with E-state index < -0.39 is 40.5 Å². The average molecular weight is 782 g/mol. The summed E-state index contributed by atoms with van der Waals surface area (Å²) < 4.78 is 6.32. The number of hydrogen-bond donors (Lipinski definition) is 4. The van der Waals surface area contributed by atoms with Gasteiger partial charge in [-0.05, 0) is 49.6 Å². The summed E-state index contributed by atoms with van der Waals surface area (Å²) in [6, 6.07) is 11.3. The molecule has 3 aliphatic heterocycles.